The summed E-state index contributed by atoms with van der Waals surface area (Å²) in [5, 5.41) is 2.81. The highest BCUT2D eigenvalue weighted by molar-refractivity contribution is 7.93. The molecular weight excluding hydrogens is 280 g/mol. The lowest BCUT2D eigenvalue weighted by Crippen LogP contribution is -2.38. The predicted molar refractivity (Wildman–Crippen MR) is 78.0 cm³/mol. The number of anilines is 1. The van der Waals surface area contributed by atoms with Gasteiger partial charge in [0.25, 0.3) is 0 Å². The van der Waals surface area contributed by atoms with Crippen LogP contribution in [0.2, 0.25) is 0 Å². The molecule has 6 nitrogen and oxygen atoms in total. The van der Waals surface area contributed by atoms with Crippen molar-refractivity contribution in [1.82, 2.24) is 5.32 Å². The van der Waals surface area contributed by atoms with Crippen LogP contribution >= 0.6 is 0 Å². The van der Waals surface area contributed by atoms with Crippen molar-refractivity contribution in [2.24, 2.45) is 0 Å². The lowest BCUT2D eigenvalue weighted by atomic mass is 10.2. The van der Waals surface area contributed by atoms with Crippen LogP contribution in [0, 0.1) is 0 Å². The molecule has 112 valence electrons. The van der Waals surface area contributed by atoms with E-state index in [4.69, 9.17) is 9.47 Å². The van der Waals surface area contributed by atoms with Gasteiger partial charge in [-0.3, -0.25) is 4.72 Å². The molecule has 7 heteroatoms. The fourth-order valence-corrected chi connectivity index (χ4v) is 3.73. The number of nitrogens with one attached hydrogen (secondary N) is 2. The summed E-state index contributed by atoms with van der Waals surface area (Å²) in [6, 6.07) is 4.97. The molecule has 0 radical (unpaired) electrons. The van der Waals surface area contributed by atoms with Crippen LogP contribution in [0.4, 0.5) is 5.69 Å². The van der Waals surface area contributed by atoms with Crippen molar-refractivity contribution in [2.45, 2.75) is 18.1 Å². The summed E-state index contributed by atoms with van der Waals surface area (Å²) in [4.78, 5) is 0. The minimum absolute atomic E-state index is 0.350. The summed E-state index contributed by atoms with van der Waals surface area (Å²) >= 11 is 0. The molecule has 0 unspecified atom stereocenters. The summed E-state index contributed by atoms with van der Waals surface area (Å²) in [5.74, 6) is 1.07. The van der Waals surface area contributed by atoms with Crippen LogP contribution < -0.4 is 19.5 Å². The molecule has 1 aromatic rings. The largest absolute Gasteiger partial charge is 0.493 e. The molecule has 1 heterocycles. The van der Waals surface area contributed by atoms with Gasteiger partial charge in [0, 0.05) is 6.07 Å². The minimum Gasteiger partial charge on any atom is -0.493 e. The molecule has 2 rings (SSSR count). The van der Waals surface area contributed by atoms with E-state index >= 15 is 0 Å². The second-order valence-corrected chi connectivity index (χ2v) is 6.63. The quantitative estimate of drug-likeness (QED) is 0.854. The first kappa shape index (κ1) is 14.9. The average Bonchev–Trinajstić information content (AvgIpc) is 2.47. The van der Waals surface area contributed by atoms with Gasteiger partial charge in [-0.15, -0.1) is 0 Å². The number of hydrogen-bond acceptors (Lipinski definition) is 5. The van der Waals surface area contributed by atoms with Gasteiger partial charge in [-0.1, -0.05) is 0 Å². The number of hydrogen-bond donors (Lipinski definition) is 2. The lowest BCUT2D eigenvalue weighted by Gasteiger charge is -2.23. The summed E-state index contributed by atoms with van der Waals surface area (Å²) in [6.45, 7) is 1.47. The van der Waals surface area contributed by atoms with Crippen molar-refractivity contribution in [3.63, 3.8) is 0 Å². The monoisotopic (exact) mass is 300 g/mol. The molecule has 0 aliphatic carbocycles. The highest BCUT2D eigenvalue weighted by Crippen LogP contribution is 2.30. The van der Waals surface area contributed by atoms with Gasteiger partial charge in [0.15, 0.2) is 11.5 Å². The van der Waals surface area contributed by atoms with E-state index in [-0.39, 0.29) is 5.25 Å². The van der Waals surface area contributed by atoms with Crippen molar-refractivity contribution in [2.75, 3.05) is 32.0 Å². The third kappa shape index (κ3) is 3.34. The molecule has 0 saturated carbocycles. The highest BCUT2D eigenvalue weighted by Gasteiger charge is 2.27. The maximum absolute atomic E-state index is 12.3. The molecule has 20 heavy (non-hydrogen) atoms. The predicted octanol–water partition coefficient (Wildman–Crippen LogP) is 1.20. The Morgan fingerprint density at radius 2 is 1.80 bits per heavy atom. The van der Waals surface area contributed by atoms with Gasteiger partial charge in [0.1, 0.15) is 0 Å². The highest BCUT2D eigenvalue weighted by atomic mass is 32.2. The summed E-state index contributed by atoms with van der Waals surface area (Å²) < 4.78 is 37.5. The Morgan fingerprint density at radius 1 is 1.15 bits per heavy atom. The molecule has 0 amide bonds. The molecule has 2 N–H and O–H groups in total. The maximum Gasteiger partial charge on any atom is 0.235 e. The van der Waals surface area contributed by atoms with Gasteiger partial charge in [-0.2, -0.15) is 0 Å². The fraction of sp³-hybridized carbons (Fsp3) is 0.538. The Balaban J connectivity index is 2.16. The van der Waals surface area contributed by atoms with Gasteiger partial charge in [0.2, 0.25) is 10.0 Å². The van der Waals surface area contributed by atoms with Crippen LogP contribution in [0.15, 0.2) is 18.2 Å². The summed E-state index contributed by atoms with van der Waals surface area (Å²) in [7, 11) is -0.312. The molecule has 1 aromatic carbocycles. The smallest absolute Gasteiger partial charge is 0.235 e. The number of piperidine rings is 1. The summed E-state index contributed by atoms with van der Waals surface area (Å²) in [5.41, 5.74) is 0.487. The van der Waals surface area contributed by atoms with Crippen molar-refractivity contribution < 1.29 is 17.9 Å². The van der Waals surface area contributed by atoms with E-state index in [0.717, 1.165) is 13.1 Å². The zero-order valence-corrected chi connectivity index (χ0v) is 12.5. The van der Waals surface area contributed by atoms with Crippen LogP contribution in [-0.4, -0.2) is 41.0 Å². The van der Waals surface area contributed by atoms with Gasteiger partial charge < -0.3 is 14.8 Å². The molecule has 1 fully saturated rings. The van der Waals surface area contributed by atoms with E-state index in [1.165, 1.54) is 14.2 Å². The van der Waals surface area contributed by atoms with E-state index in [2.05, 4.69) is 10.0 Å². The third-order valence-corrected chi connectivity index (χ3v) is 5.24. The number of benzene rings is 1. The Kier molecular flexibility index (Phi) is 4.72. The lowest BCUT2D eigenvalue weighted by molar-refractivity contribution is 0.355. The van der Waals surface area contributed by atoms with E-state index in [0.29, 0.717) is 30.0 Å². The second kappa shape index (κ2) is 6.32. The first-order valence-electron chi connectivity index (χ1n) is 6.51. The Labute approximate surface area is 119 Å². The molecular formula is C13H20N2O4S. The zero-order valence-electron chi connectivity index (χ0n) is 11.7. The molecule has 0 bridgehead atoms. The van der Waals surface area contributed by atoms with Crippen LogP contribution in [0.25, 0.3) is 0 Å². The Morgan fingerprint density at radius 3 is 2.40 bits per heavy atom. The molecule has 0 aromatic heterocycles. The van der Waals surface area contributed by atoms with E-state index < -0.39 is 10.0 Å². The topological polar surface area (TPSA) is 76.7 Å². The van der Waals surface area contributed by atoms with Crippen LogP contribution in [0.3, 0.4) is 0 Å². The first-order valence-corrected chi connectivity index (χ1v) is 8.06. The Hall–Kier alpha value is -1.47. The molecule has 1 saturated heterocycles. The van der Waals surface area contributed by atoms with Crippen LogP contribution in [0.5, 0.6) is 11.5 Å². The van der Waals surface area contributed by atoms with Gasteiger partial charge >= 0.3 is 0 Å². The second-order valence-electron chi connectivity index (χ2n) is 4.67. The van der Waals surface area contributed by atoms with Crippen LogP contribution in [-0.2, 0) is 10.0 Å². The van der Waals surface area contributed by atoms with Crippen molar-refractivity contribution >= 4 is 15.7 Å². The van der Waals surface area contributed by atoms with Gasteiger partial charge in [0.05, 0.1) is 25.2 Å². The SMILES string of the molecule is COc1ccc(NS(=O)(=O)C2CCNCC2)cc1OC. The third-order valence-electron chi connectivity index (χ3n) is 3.37. The standard InChI is InChI=1S/C13H20N2O4S/c1-18-12-4-3-10(9-13(12)19-2)15-20(16,17)11-5-7-14-8-6-11/h3-4,9,11,14-15H,5-8H2,1-2H3. The normalized spacial score (nSPS) is 16.7. The van der Waals surface area contributed by atoms with E-state index in [1.54, 1.807) is 18.2 Å². The first-order chi connectivity index (χ1) is 9.56. The number of sulfonamides is 1. The van der Waals surface area contributed by atoms with E-state index in [1.807, 2.05) is 0 Å². The molecule has 0 atom stereocenters. The molecule has 1 aliphatic rings. The van der Waals surface area contributed by atoms with Crippen molar-refractivity contribution in [3.8, 4) is 11.5 Å². The molecule has 1 aliphatic heterocycles. The maximum atomic E-state index is 12.3. The number of rotatable bonds is 5. The van der Waals surface area contributed by atoms with Crippen molar-refractivity contribution in [3.05, 3.63) is 18.2 Å². The van der Waals surface area contributed by atoms with Gasteiger partial charge in [-0.05, 0) is 38.1 Å². The zero-order chi connectivity index (χ0) is 14.6. The van der Waals surface area contributed by atoms with Crippen molar-refractivity contribution in [1.29, 1.82) is 0 Å². The average molecular weight is 300 g/mol. The van der Waals surface area contributed by atoms with Crippen LogP contribution in [0.1, 0.15) is 12.8 Å². The number of methoxy groups -OCH3 is 2. The summed E-state index contributed by atoms with van der Waals surface area (Å²) in [6.07, 6.45) is 1.26. The minimum atomic E-state index is -3.37. The van der Waals surface area contributed by atoms with Gasteiger partial charge in [-0.25, -0.2) is 8.42 Å². The fourth-order valence-electron chi connectivity index (χ4n) is 2.25. The number of ether oxygens (including phenoxy) is 2. The Bertz CT molecular complexity index is 553. The molecule has 0 spiro atoms. The van der Waals surface area contributed by atoms with E-state index in [9.17, 15) is 8.42 Å².